The van der Waals surface area contributed by atoms with Crippen LogP contribution in [-0.2, 0) is 6.42 Å². The summed E-state index contributed by atoms with van der Waals surface area (Å²) in [7, 11) is 1.73. The topological polar surface area (TPSA) is 13.7 Å². The van der Waals surface area contributed by atoms with Gasteiger partial charge in [-0.15, -0.1) is 0 Å². The molecule has 1 aromatic carbocycles. The van der Waals surface area contributed by atoms with E-state index in [9.17, 15) is 0 Å². The van der Waals surface area contributed by atoms with Crippen LogP contribution in [0.3, 0.4) is 0 Å². The highest BCUT2D eigenvalue weighted by Crippen LogP contribution is 2.23. The standard InChI is InChI=1S/C15H21NO/c1-17-15-4-2-12(3-5-15)10-14-11-13-6-8-16(14)9-7-13/h2-5,13-14H,6-11H2,1H3/p+1/t14-/m1/s1. The van der Waals surface area contributed by atoms with Crippen LogP contribution in [0.25, 0.3) is 0 Å². The molecule has 0 saturated carbocycles. The van der Waals surface area contributed by atoms with Crippen molar-refractivity contribution in [3.63, 3.8) is 0 Å². The molecule has 17 heavy (non-hydrogen) atoms. The van der Waals surface area contributed by atoms with Crippen LogP contribution < -0.4 is 9.64 Å². The number of benzene rings is 1. The quantitative estimate of drug-likeness (QED) is 0.829. The molecule has 1 atom stereocenters. The maximum atomic E-state index is 5.20. The lowest BCUT2D eigenvalue weighted by Gasteiger charge is -2.42. The largest absolute Gasteiger partial charge is 0.497 e. The molecule has 3 aliphatic heterocycles. The summed E-state index contributed by atoms with van der Waals surface area (Å²) in [5, 5.41) is 0. The van der Waals surface area contributed by atoms with Crippen molar-refractivity contribution in [1.82, 2.24) is 0 Å². The molecule has 0 aromatic heterocycles. The molecule has 3 saturated heterocycles. The molecule has 0 unspecified atom stereocenters. The van der Waals surface area contributed by atoms with Gasteiger partial charge in [-0.2, -0.15) is 0 Å². The van der Waals surface area contributed by atoms with Crippen molar-refractivity contribution < 1.29 is 9.64 Å². The third kappa shape index (κ3) is 2.32. The van der Waals surface area contributed by atoms with Crippen molar-refractivity contribution >= 4 is 0 Å². The lowest BCUT2D eigenvalue weighted by atomic mass is 9.81. The molecule has 3 heterocycles. The molecular formula is C15H22NO+. The Hall–Kier alpha value is -1.02. The highest BCUT2D eigenvalue weighted by molar-refractivity contribution is 5.27. The molecule has 2 nitrogen and oxygen atoms in total. The minimum absolute atomic E-state index is 0.871. The number of hydrogen-bond acceptors (Lipinski definition) is 1. The van der Waals surface area contributed by atoms with Gasteiger partial charge in [0.1, 0.15) is 5.75 Å². The summed E-state index contributed by atoms with van der Waals surface area (Å²) in [6.07, 6.45) is 5.63. The van der Waals surface area contributed by atoms with Gasteiger partial charge in [0.2, 0.25) is 0 Å². The van der Waals surface area contributed by atoms with E-state index in [0.717, 1.165) is 17.7 Å². The van der Waals surface area contributed by atoms with Gasteiger partial charge in [-0.25, -0.2) is 0 Å². The molecule has 2 bridgehead atoms. The van der Waals surface area contributed by atoms with E-state index in [-0.39, 0.29) is 0 Å². The van der Waals surface area contributed by atoms with E-state index in [1.54, 1.807) is 7.11 Å². The van der Waals surface area contributed by atoms with Crippen LogP contribution in [0.1, 0.15) is 24.8 Å². The summed E-state index contributed by atoms with van der Waals surface area (Å²) in [5.74, 6) is 1.99. The number of rotatable bonds is 3. The molecule has 0 radical (unpaired) electrons. The summed E-state index contributed by atoms with van der Waals surface area (Å²) in [6.45, 7) is 2.82. The first-order chi connectivity index (χ1) is 8.35. The van der Waals surface area contributed by atoms with Crippen LogP contribution in [0.4, 0.5) is 0 Å². The van der Waals surface area contributed by atoms with Gasteiger partial charge in [0.15, 0.2) is 0 Å². The smallest absolute Gasteiger partial charge is 0.118 e. The average Bonchev–Trinajstić information content (AvgIpc) is 2.41. The fraction of sp³-hybridized carbons (Fsp3) is 0.600. The third-order valence-corrected chi connectivity index (χ3v) is 4.58. The van der Waals surface area contributed by atoms with Crippen molar-refractivity contribution in [3.05, 3.63) is 29.8 Å². The summed E-state index contributed by atoms with van der Waals surface area (Å²) in [6, 6.07) is 9.49. The van der Waals surface area contributed by atoms with Crippen LogP contribution in [0.5, 0.6) is 5.75 Å². The molecule has 2 heteroatoms. The van der Waals surface area contributed by atoms with Crippen molar-refractivity contribution in [3.8, 4) is 5.75 Å². The van der Waals surface area contributed by atoms with Crippen molar-refractivity contribution in [2.75, 3.05) is 20.2 Å². The Morgan fingerprint density at radius 2 is 1.88 bits per heavy atom. The molecule has 0 amide bonds. The van der Waals surface area contributed by atoms with Gasteiger partial charge in [0, 0.05) is 12.8 Å². The van der Waals surface area contributed by atoms with Gasteiger partial charge in [-0.1, -0.05) is 12.1 Å². The zero-order chi connectivity index (χ0) is 11.7. The van der Waals surface area contributed by atoms with Crippen molar-refractivity contribution in [2.45, 2.75) is 31.7 Å². The molecule has 92 valence electrons. The Kier molecular flexibility index (Phi) is 3.06. The van der Waals surface area contributed by atoms with E-state index >= 15 is 0 Å². The van der Waals surface area contributed by atoms with E-state index in [1.165, 1.54) is 44.3 Å². The van der Waals surface area contributed by atoms with Crippen LogP contribution in [0, 0.1) is 5.92 Å². The minimum atomic E-state index is 0.871. The van der Waals surface area contributed by atoms with Gasteiger partial charge in [0.05, 0.1) is 26.2 Å². The molecule has 3 fully saturated rings. The number of hydrogen-bond donors (Lipinski definition) is 1. The fourth-order valence-corrected chi connectivity index (χ4v) is 3.54. The summed E-state index contributed by atoms with van der Waals surface area (Å²) in [5.41, 5.74) is 1.47. The first-order valence-corrected chi connectivity index (χ1v) is 6.82. The molecule has 1 N–H and O–H groups in total. The predicted octanol–water partition coefficient (Wildman–Crippen LogP) is 1.30. The Bertz CT molecular complexity index is 365. The highest BCUT2D eigenvalue weighted by Gasteiger charge is 2.36. The van der Waals surface area contributed by atoms with Crippen LogP contribution in [0.2, 0.25) is 0 Å². The first-order valence-electron chi connectivity index (χ1n) is 6.82. The van der Waals surface area contributed by atoms with E-state index in [2.05, 4.69) is 24.3 Å². The van der Waals surface area contributed by atoms with Crippen molar-refractivity contribution in [2.24, 2.45) is 5.92 Å². The Morgan fingerprint density at radius 3 is 2.41 bits per heavy atom. The van der Waals surface area contributed by atoms with E-state index < -0.39 is 0 Å². The van der Waals surface area contributed by atoms with Crippen LogP contribution >= 0.6 is 0 Å². The van der Waals surface area contributed by atoms with E-state index in [0.29, 0.717) is 0 Å². The molecule has 3 aliphatic rings. The van der Waals surface area contributed by atoms with Crippen LogP contribution in [0.15, 0.2) is 24.3 Å². The lowest BCUT2D eigenvalue weighted by molar-refractivity contribution is -0.941. The Morgan fingerprint density at radius 1 is 1.18 bits per heavy atom. The zero-order valence-electron chi connectivity index (χ0n) is 10.6. The van der Waals surface area contributed by atoms with Gasteiger partial charge >= 0.3 is 0 Å². The Labute approximate surface area is 104 Å². The monoisotopic (exact) mass is 232 g/mol. The van der Waals surface area contributed by atoms with Gasteiger partial charge in [-0.3, -0.25) is 0 Å². The molecule has 4 rings (SSSR count). The number of nitrogens with one attached hydrogen (secondary N) is 1. The zero-order valence-corrected chi connectivity index (χ0v) is 10.6. The highest BCUT2D eigenvalue weighted by atomic mass is 16.5. The van der Waals surface area contributed by atoms with E-state index in [4.69, 9.17) is 4.74 Å². The number of piperidine rings is 3. The summed E-state index contributed by atoms with van der Waals surface area (Å²) in [4.78, 5) is 1.85. The molecule has 0 spiro atoms. The van der Waals surface area contributed by atoms with Crippen molar-refractivity contribution in [1.29, 1.82) is 0 Å². The van der Waals surface area contributed by atoms with Gasteiger partial charge < -0.3 is 9.64 Å². The van der Waals surface area contributed by atoms with Gasteiger partial charge in [0.25, 0.3) is 0 Å². The lowest BCUT2D eigenvalue weighted by Crippen LogP contribution is -3.18. The maximum absolute atomic E-state index is 5.20. The second-order valence-electron chi connectivity index (χ2n) is 5.59. The molecular weight excluding hydrogens is 210 g/mol. The summed E-state index contributed by atoms with van der Waals surface area (Å²) < 4.78 is 5.20. The number of methoxy groups -OCH3 is 1. The van der Waals surface area contributed by atoms with Crippen LogP contribution in [-0.4, -0.2) is 26.2 Å². The fourth-order valence-electron chi connectivity index (χ4n) is 3.54. The molecule has 1 aromatic rings. The first kappa shape index (κ1) is 11.1. The van der Waals surface area contributed by atoms with E-state index in [1.807, 2.05) is 4.90 Å². The maximum Gasteiger partial charge on any atom is 0.118 e. The number of fused-ring (bicyclic) bond motifs is 3. The summed E-state index contributed by atoms with van der Waals surface area (Å²) >= 11 is 0. The van der Waals surface area contributed by atoms with Gasteiger partial charge in [-0.05, 0) is 36.5 Å². The SMILES string of the molecule is COc1ccc(C[C@@H]2CC3CC[NH+]2CC3)cc1. The third-order valence-electron chi connectivity index (χ3n) is 4.58. The minimum Gasteiger partial charge on any atom is -0.497 e. The average molecular weight is 232 g/mol. The molecule has 0 aliphatic carbocycles. The normalized spacial score (nSPS) is 31.5. The predicted molar refractivity (Wildman–Crippen MR) is 68.5 cm³/mol. The second kappa shape index (κ2) is 4.69. The second-order valence-corrected chi connectivity index (χ2v) is 5.59. The Balaban J connectivity index is 1.66. The number of ether oxygens (including phenoxy) is 1. The number of quaternary nitrogens is 1.